The molecule has 6 atom stereocenters. The number of non-ortho nitro benzene ring substituents is 1. The molecule has 3 amide bonds. The van der Waals surface area contributed by atoms with Crippen LogP contribution in [0.3, 0.4) is 0 Å². The number of benzene rings is 6. The van der Waals surface area contributed by atoms with Crippen molar-refractivity contribution in [3.63, 3.8) is 0 Å². The predicted molar refractivity (Wildman–Crippen MR) is 277 cm³/mol. The van der Waals surface area contributed by atoms with Crippen molar-refractivity contribution < 1.29 is 58.0 Å². The first kappa shape index (κ1) is 50.6. The monoisotopic (exact) mass is 1040 g/mol. The summed E-state index contributed by atoms with van der Waals surface area (Å²) in [5.74, 6) is 4.17. The molecule has 392 valence electrons. The fourth-order valence-electron chi connectivity index (χ4n) is 11.6. The van der Waals surface area contributed by atoms with Crippen molar-refractivity contribution in [1.82, 2.24) is 14.7 Å². The molecule has 3 saturated heterocycles. The average Bonchev–Trinajstić information content (AvgIpc) is 3.55. The second kappa shape index (κ2) is 21.6. The van der Waals surface area contributed by atoms with Crippen molar-refractivity contribution in [3.05, 3.63) is 195 Å². The molecule has 5 aliphatic heterocycles. The second-order valence-electron chi connectivity index (χ2n) is 19.3. The van der Waals surface area contributed by atoms with Gasteiger partial charge in [-0.2, -0.15) is 0 Å². The molecular formula is C59H53N5O13. The van der Waals surface area contributed by atoms with Gasteiger partial charge in [0, 0.05) is 56.8 Å². The van der Waals surface area contributed by atoms with E-state index in [9.17, 15) is 25.1 Å². The van der Waals surface area contributed by atoms with Gasteiger partial charge in [-0.3, -0.25) is 34.3 Å². The van der Waals surface area contributed by atoms with Crippen LogP contribution in [-0.2, 0) is 42.4 Å². The number of rotatable bonds is 13. The number of morpholine rings is 1. The van der Waals surface area contributed by atoms with Crippen LogP contribution in [0, 0.1) is 27.9 Å². The number of carbonyl (C=O) groups is 4. The second-order valence-corrected chi connectivity index (χ2v) is 19.3. The molecule has 11 rings (SSSR count). The van der Waals surface area contributed by atoms with Gasteiger partial charge in [-0.1, -0.05) is 90.7 Å². The SMILES string of the molecule is O=C1O[C@@H](c2ccccc2)[C@@H](c2ccccc2)N2[C@@H](c3ccc(OCCO)cc3)[C@]3(C(=O)N(C(=O)OCc4ccc([N+](=O)[O-])cc4)c4ccc(C#CCCO)cc43)[C@@H](C(=O)N3CCN(Cc4ccc5c(c4)OCO5)CC3)[C@H]12. The van der Waals surface area contributed by atoms with Crippen LogP contribution in [0.5, 0.6) is 17.2 Å². The molecule has 0 unspecified atom stereocenters. The molecule has 2 N–H and O–H groups in total. The Kier molecular flexibility index (Phi) is 14.2. The summed E-state index contributed by atoms with van der Waals surface area (Å²) >= 11 is 0. The Hall–Kier alpha value is -8.60. The van der Waals surface area contributed by atoms with Crippen molar-refractivity contribution in [1.29, 1.82) is 0 Å². The van der Waals surface area contributed by atoms with Crippen LogP contribution >= 0.6 is 0 Å². The summed E-state index contributed by atoms with van der Waals surface area (Å²) in [6, 6.07) is 38.4. The number of hydrogen-bond donors (Lipinski definition) is 2. The van der Waals surface area contributed by atoms with E-state index in [1.54, 1.807) is 47.4 Å². The summed E-state index contributed by atoms with van der Waals surface area (Å²) in [5.41, 5.74) is 1.76. The molecule has 0 radical (unpaired) electrons. The number of fused-ring (bicyclic) bond motifs is 4. The summed E-state index contributed by atoms with van der Waals surface area (Å²) in [5, 5.41) is 30.9. The Labute approximate surface area is 443 Å². The third-order valence-corrected chi connectivity index (χ3v) is 15.0. The van der Waals surface area contributed by atoms with Crippen molar-refractivity contribution in [2.24, 2.45) is 5.92 Å². The number of imide groups is 1. The highest BCUT2D eigenvalue weighted by Gasteiger charge is 2.76. The van der Waals surface area contributed by atoms with Gasteiger partial charge in [-0.25, -0.2) is 9.69 Å². The third kappa shape index (κ3) is 9.37. The molecule has 18 heteroatoms. The number of piperazine rings is 1. The maximum absolute atomic E-state index is 16.8. The Morgan fingerprint density at radius 1 is 0.753 bits per heavy atom. The van der Waals surface area contributed by atoms with E-state index >= 15 is 14.4 Å². The fourth-order valence-corrected chi connectivity index (χ4v) is 11.6. The summed E-state index contributed by atoms with van der Waals surface area (Å²) in [6.07, 6.45) is -1.91. The minimum Gasteiger partial charge on any atom is -0.491 e. The highest BCUT2D eigenvalue weighted by Crippen LogP contribution is 2.66. The van der Waals surface area contributed by atoms with E-state index in [0.29, 0.717) is 59.1 Å². The van der Waals surface area contributed by atoms with Gasteiger partial charge in [-0.15, -0.1) is 0 Å². The molecule has 6 aromatic carbocycles. The molecule has 0 saturated carbocycles. The average molecular weight is 1040 g/mol. The number of hydrogen-bond acceptors (Lipinski definition) is 15. The maximum atomic E-state index is 16.8. The van der Waals surface area contributed by atoms with Crippen molar-refractivity contribution in [3.8, 4) is 29.1 Å². The minimum absolute atomic E-state index is 0.00498. The van der Waals surface area contributed by atoms with Crippen LogP contribution in [0.15, 0.2) is 146 Å². The number of nitro groups is 1. The molecule has 0 bridgehead atoms. The van der Waals surface area contributed by atoms with Gasteiger partial charge in [0.25, 0.3) is 5.69 Å². The normalized spacial score (nSPS) is 22.4. The lowest BCUT2D eigenvalue weighted by atomic mass is 9.65. The van der Waals surface area contributed by atoms with Crippen LogP contribution in [0.2, 0.25) is 0 Å². The lowest BCUT2D eigenvalue weighted by Gasteiger charge is -2.46. The molecule has 6 aromatic rings. The van der Waals surface area contributed by atoms with Crippen LogP contribution in [0.25, 0.3) is 0 Å². The molecule has 3 fully saturated rings. The molecule has 77 heavy (non-hydrogen) atoms. The van der Waals surface area contributed by atoms with E-state index < -0.39 is 64.4 Å². The van der Waals surface area contributed by atoms with E-state index in [1.807, 2.05) is 83.8 Å². The highest BCUT2D eigenvalue weighted by molar-refractivity contribution is 6.23. The Balaban J connectivity index is 1.10. The standard InChI is InChI=1S/C59H53N5O13/c65-30-8-7-9-38-16-24-47-46(33-38)59(57(69)62(47)58(70)74-36-39-14-20-44(21-15-39)64(71)72)50(55(67)61-28-26-60(27-29-61)35-40-17-25-48-49(34-40)76-37-75-48)52-56(68)77-53(42-12-5-2-6-13-42)51(41-10-3-1-4-11-41)63(52)54(59)43-18-22-45(23-19-43)73-32-31-66/h1-6,10-25,33-34,50-54,65-66H,8,26-32,35-37H2/t50-,51-,52-,53+,54+,59-/m1/s1. The van der Waals surface area contributed by atoms with E-state index in [1.165, 1.54) is 24.3 Å². The largest absolute Gasteiger partial charge is 0.491 e. The molecule has 0 aliphatic carbocycles. The number of cyclic esters (lactones) is 1. The first-order valence-electron chi connectivity index (χ1n) is 25.4. The molecule has 0 aromatic heterocycles. The number of aliphatic hydroxyl groups is 2. The van der Waals surface area contributed by atoms with Gasteiger partial charge >= 0.3 is 12.1 Å². The Morgan fingerprint density at radius 2 is 1.45 bits per heavy atom. The number of aliphatic hydroxyl groups excluding tert-OH is 2. The minimum atomic E-state index is -2.10. The van der Waals surface area contributed by atoms with Gasteiger partial charge in [0.2, 0.25) is 18.6 Å². The van der Waals surface area contributed by atoms with Crippen molar-refractivity contribution in [2.45, 2.75) is 49.2 Å². The van der Waals surface area contributed by atoms with Crippen LogP contribution < -0.4 is 19.1 Å². The molecule has 5 heterocycles. The Morgan fingerprint density at radius 3 is 2.16 bits per heavy atom. The number of esters is 1. The summed E-state index contributed by atoms with van der Waals surface area (Å²) in [6.45, 7) is 1.20. The fraction of sp³-hybridized carbons (Fsp3) is 0.288. The number of ether oxygens (including phenoxy) is 5. The molecule has 18 nitrogen and oxygen atoms in total. The van der Waals surface area contributed by atoms with Crippen LogP contribution in [-0.4, -0.2) is 113 Å². The first-order valence-corrected chi connectivity index (χ1v) is 25.4. The number of nitrogens with zero attached hydrogens (tertiary/aromatic N) is 5. The zero-order valence-corrected chi connectivity index (χ0v) is 41.6. The highest BCUT2D eigenvalue weighted by atomic mass is 16.7. The van der Waals surface area contributed by atoms with E-state index in [4.69, 9.17) is 23.7 Å². The van der Waals surface area contributed by atoms with Gasteiger partial charge in [0.05, 0.1) is 41.8 Å². The lowest BCUT2D eigenvalue weighted by Crippen LogP contribution is -2.59. The maximum Gasteiger partial charge on any atom is 0.421 e. The number of carbonyl (C=O) groups excluding carboxylic acids is 4. The zero-order chi connectivity index (χ0) is 53.2. The third-order valence-electron chi connectivity index (χ3n) is 15.0. The molecule has 1 spiro atoms. The smallest absolute Gasteiger partial charge is 0.421 e. The van der Waals surface area contributed by atoms with Gasteiger partial charge in [0.1, 0.15) is 36.5 Å². The number of nitro benzene ring substituents is 1. The number of amides is 3. The summed E-state index contributed by atoms with van der Waals surface area (Å²) in [4.78, 5) is 81.5. The molecular weight excluding hydrogens is 987 g/mol. The van der Waals surface area contributed by atoms with Gasteiger partial charge < -0.3 is 38.8 Å². The van der Waals surface area contributed by atoms with E-state index in [0.717, 1.165) is 16.0 Å². The van der Waals surface area contributed by atoms with Crippen LogP contribution in [0.4, 0.5) is 16.2 Å². The number of anilines is 1. The molecule has 5 aliphatic rings. The van der Waals surface area contributed by atoms with Crippen LogP contribution in [0.1, 0.15) is 63.6 Å². The summed E-state index contributed by atoms with van der Waals surface area (Å²) < 4.78 is 29.6. The topological polar surface area (TPSA) is 211 Å². The quantitative estimate of drug-likeness (QED) is 0.0529. The zero-order valence-electron chi connectivity index (χ0n) is 41.6. The van der Waals surface area contributed by atoms with E-state index in [2.05, 4.69) is 16.7 Å². The summed E-state index contributed by atoms with van der Waals surface area (Å²) in [7, 11) is 0. The first-order chi connectivity index (χ1) is 37.6. The van der Waals surface area contributed by atoms with Crippen molar-refractivity contribution in [2.75, 3.05) is 57.7 Å². The van der Waals surface area contributed by atoms with Gasteiger partial charge in [0.15, 0.2) is 11.5 Å². The predicted octanol–water partition coefficient (Wildman–Crippen LogP) is 6.78. The Bertz CT molecular complexity index is 3270. The van der Waals surface area contributed by atoms with Gasteiger partial charge in [-0.05, 0) is 88.0 Å². The lowest BCUT2D eigenvalue weighted by molar-refractivity contribution is -0.384. The van der Waals surface area contributed by atoms with E-state index in [-0.39, 0.29) is 69.7 Å². The van der Waals surface area contributed by atoms with Crippen molar-refractivity contribution >= 4 is 35.3 Å².